The molecule has 3 fully saturated rings. The van der Waals surface area contributed by atoms with E-state index >= 15 is 0 Å². The number of esters is 1. The van der Waals surface area contributed by atoms with E-state index in [9.17, 15) is 4.79 Å². The summed E-state index contributed by atoms with van der Waals surface area (Å²) in [5, 5.41) is 0. The first-order chi connectivity index (χ1) is 10.8. The van der Waals surface area contributed by atoms with Gasteiger partial charge in [0.2, 0.25) is 6.29 Å². The van der Waals surface area contributed by atoms with Gasteiger partial charge in [0.15, 0.2) is 0 Å². The first-order valence-electron chi connectivity index (χ1n) is 9.36. The molecule has 2 aliphatic carbocycles. The van der Waals surface area contributed by atoms with Gasteiger partial charge < -0.3 is 9.47 Å². The molecule has 0 bridgehead atoms. The Morgan fingerprint density at radius 2 is 1.96 bits per heavy atom. The molecule has 5 atom stereocenters. The van der Waals surface area contributed by atoms with Crippen molar-refractivity contribution in [3.8, 4) is 0 Å². The highest BCUT2D eigenvalue weighted by Crippen LogP contribution is 2.57. The molecule has 0 aromatic carbocycles. The molecule has 3 heteroatoms. The molecular formula is C20H30O3. The lowest BCUT2D eigenvalue weighted by Gasteiger charge is -2.49. The molecule has 0 spiro atoms. The summed E-state index contributed by atoms with van der Waals surface area (Å²) in [5.74, 6) is 0.709. The fraction of sp³-hybridized carbons (Fsp3) is 0.850. The summed E-state index contributed by atoms with van der Waals surface area (Å²) >= 11 is 0. The molecule has 2 saturated heterocycles. The van der Waals surface area contributed by atoms with Crippen molar-refractivity contribution in [1.82, 2.24) is 0 Å². The molecular weight excluding hydrogens is 288 g/mol. The number of hydrogen-bond donors (Lipinski definition) is 0. The maximum atomic E-state index is 12.4. The zero-order valence-corrected chi connectivity index (χ0v) is 15.0. The van der Waals surface area contributed by atoms with Gasteiger partial charge in [0.05, 0.1) is 12.5 Å². The van der Waals surface area contributed by atoms with Crippen molar-refractivity contribution in [2.75, 3.05) is 6.61 Å². The highest BCUT2D eigenvalue weighted by atomic mass is 16.7. The Hall–Kier alpha value is -0.830. The highest BCUT2D eigenvalue weighted by molar-refractivity contribution is 5.77. The Kier molecular flexibility index (Phi) is 3.46. The summed E-state index contributed by atoms with van der Waals surface area (Å²) < 4.78 is 11.4. The quantitative estimate of drug-likeness (QED) is 0.529. The fourth-order valence-corrected chi connectivity index (χ4v) is 6.09. The van der Waals surface area contributed by atoms with E-state index in [0.717, 1.165) is 13.0 Å². The summed E-state index contributed by atoms with van der Waals surface area (Å²) in [6.07, 6.45) is 7.16. The van der Waals surface area contributed by atoms with Crippen molar-refractivity contribution in [3.63, 3.8) is 0 Å². The zero-order chi connectivity index (χ0) is 16.4. The molecule has 1 saturated carbocycles. The van der Waals surface area contributed by atoms with Crippen LogP contribution in [-0.2, 0) is 14.3 Å². The summed E-state index contributed by atoms with van der Waals surface area (Å²) in [6.45, 7) is 10.1. The first-order valence-corrected chi connectivity index (χ1v) is 9.36. The molecule has 0 N–H and O–H groups in total. The van der Waals surface area contributed by atoms with Crippen molar-refractivity contribution in [2.45, 2.75) is 72.5 Å². The van der Waals surface area contributed by atoms with Crippen molar-refractivity contribution >= 4 is 5.97 Å². The standard InChI is InChI=1S/C20H30O3/c1-12-15-14(20(4)9-5-8-19(2,3)11-20)7-6-13-10-22-18(16(13)15)23-17(12)21/h12-13,16,18H,5-11H2,1-4H3/t12?,13?,16?,18?,20-/m0/s1. The molecule has 2 heterocycles. The van der Waals surface area contributed by atoms with Gasteiger partial charge in [-0.3, -0.25) is 4.79 Å². The van der Waals surface area contributed by atoms with Gasteiger partial charge in [-0.25, -0.2) is 0 Å². The number of hydrogen-bond acceptors (Lipinski definition) is 3. The average molecular weight is 318 g/mol. The normalized spacial score (nSPS) is 45.7. The van der Waals surface area contributed by atoms with E-state index in [0.29, 0.717) is 17.3 Å². The molecule has 23 heavy (non-hydrogen) atoms. The molecule has 3 nitrogen and oxygen atoms in total. The van der Waals surface area contributed by atoms with Crippen LogP contribution in [0.2, 0.25) is 0 Å². The lowest BCUT2D eigenvalue weighted by atomic mass is 9.56. The predicted octanol–water partition coefficient (Wildman–Crippen LogP) is 4.46. The third-order valence-corrected chi connectivity index (χ3v) is 6.98. The van der Waals surface area contributed by atoms with E-state index in [4.69, 9.17) is 9.47 Å². The third kappa shape index (κ3) is 2.38. The van der Waals surface area contributed by atoms with Crippen molar-refractivity contribution < 1.29 is 14.3 Å². The lowest BCUT2D eigenvalue weighted by molar-refractivity contribution is -0.185. The van der Waals surface area contributed by atoms with Gasteiger partial charge in [0.25, 0.3) is 0 Å². The predicted molar refractivity (Wildman–Crippen MR) is 88.6 cm³/mol. The van der Waals surface area contributed by atoms with Gasteiger partial charge in [-0.1, -0.05) is 32.8 Å². The van der Waals surface area contributed by atoms with Crippen LogP contribution in [0.5, 0.6) is 0 Å². The largest absolute Gasteiger partial charge is 0.435 e. The van der Waals surface area contributed by atoms with Gasteiger partial charge in [0.1, 0.15) is 0 Å². The molecule has 4 unspecified atom stereocenters. The van der Waals surface area contributed by atoms with Gasteiger partial charge >= 0.3 is 5.97 Å². The van der Waals surface area contributed by atoms with E-state index in [1.165, 1.54) is 37.7 Å². The molecule has 0 aromatic rings. The van der Waals surface area contributed by atoms with E-state index in [2.05, 4.69) is 20.8 Å². The molecule has 0 radical (unpaired) electrons. The van der Waals surface area contributed by atoms with Gasteiger partial charge in [-0.2, -0.15) is 0 Å². The van der Waals surface area contributed by atoms with Gasteiger partial charge in [-0.05, 0) is 61.3 Å². The average Bonchev–Trinajstić information content (AvgIpc) is 2.86. The minimum absolute atomic E-state index is 0.0834. The molecule has 4 rings (SSSR count). The molecule has 0 aromatic heterocycles. The summed E-state index contributed by atoms with van der Waals surface area (Å²) in [4.78, 5) is 12.4. The van der Waals surface area contributed by atoms with Gasteiger partial charge in [-0.15, -0.1) is 0 Å². The highest BCUT2D eigenvalue weighted by Gasteiger charge is 2.53. The second-order valence-corrected chi connectivity index (χ2v) is 9.37. The Bertz CT molecular complexity index is 561. The second-order valence-electron chi connectivity index (χ2n) is 9.37. The Morgan fingerprint density at radius 1 is 1.17 bits per heavy atom. The number of carbonyl (C=O) groups excluding carboxylic acids is 1. The summed E-state index contributed by atoms with van der Waals surface area (Å²) in [7, 11) is 0. The van der Waals surface area contributed by atoms with Crippen LogP contribution in [-0.4, -0.2) is 18.9 Å². The zero-order valence-electron chi connectivity index (χ0n) is 15.0. The lowest BCUT2D eigenvalue weighted by Crippen LogP contribution is -2.44. The molecule has 4 aliphatic rings. The topological polar surface area (TPSA) is 35.5 Å². The van der Waals surface area contributed by atoms with Crippen LogP contribution in [0.1, 0.15) is 66.2 Å². The van der Waals surface area contributed by atoms with Crippen LogP contribution in [0.25, 0.3) is 0 Å². The van der Waals surface area contributed by atoms with Gasteiger partial charge in [0, 0.05) is 5.92 Å². The fourth-order valence-electron chi connectivity index (χ4n) is 6.09. The van der Waals surface area contributed by atoms with E-state index < -0.39 is 0 Å². The summed E-state index contributed by atoms with van der Waals surface area (Å²) in [6, 6.07) is 0. The third-order valence-electron chi connectivity index (χ3n) is 6.98. The monoisotopic (exact) mass is 318 g/mol. The Labute approximate surface area is 139 Å². The molecule has 0 amide bonds. The van der Waals surface area contributed by atoms with Crippen LogP contribution in [0.4, 0.5) is 0 Å². The Balaban J connectivity index is 1.79. The minimum atomic E-state index is -0.311. The maximum absolute atomic E-state index is 12.4. The van der Waals surface area contributed by atoms with Crippen LogP contribution in [0, 0.1) is 28.6 Å². The molecule has 2 aliphatic heterocycles. The van der Waals surface area contributed by atoms with Crippen LogP contribution in [0.15, 0.2) is 11.1 Å². The maximum Gasteiger partial charge on any atom is 0.315 e. The Morgan fingerprint density at radius 3 is 2.70 bits per heavy atom. The smallest absolute Gasteiger partial charge is 0.315 e. The SMILES string of the molecule is CC1C(=O)OC2OCC3CCC([C@@]4(C)CCCC(C)(C)C4)=C1C32. The van der Waals surface area contributed by atoms with Crippen molar-refractivity contribution in [1.29, 1.82) is 0 Å². The number of carbonyl (C=O) groups is 1. The van der Waals surface area contributed by atoms with E-state index in [1.54, 1.807) is 5.57 Å². The number of ether oxygens (including phenoxy) is 2. The van der Waals surface area contributed by atoms with Crippen LogP contribution < -0.4 is 0 Å². The number of allylic oxidation sites excluding steroid dienone is 1. The van der Waals surface area contributed by atoms with E-state index in [1.807, 2.05) is 6.92 Å². The van der Waals surface area contributed by atoms with Crippen molar-refractivity contribution in [2.24, 2.45) is 28.6 Å². The van der Waals surface area contributed by atoms with Crippen molar-refractivity contribution in [3.05, 3.63) is 11.1 Å². The number of rotatable bonds is 1. The van der Waals surface area contributed by atoms with Crippen LogP contribution in [0.3, 0.4) is 0 Å². The summed E-state index contributed by atoms with van der Waals surface area (Å²) in [5.41, 5.74) is 3.65. The van der Waals surface area contributed by atoms with E-state index in [-0.39, 0.29) is 23.6 Å². The molecule has 128 valence electrons. The minimum Gasteiger partial charge on any atom is -0.435 e. The van der Waals surface area contributed by atoms with Crippen LogP contribution >= 0.6 is 0 Å². The first kappa shape index (κ1) is 15.7. The second kappa shape index (κ2) is 5.08.